The Morgan fingerprint density at radius 2 is 0.979 bits per heavy atom. The molecule has 2 nitrogen and oxygen atoms in total. The minimum atomic E-state index is -0.446. The van der Waals surface area contributed by atoms with Gasteiger partial charge in [0.15, 0.2) is 0 Å². The number of imidazole rings is 1. The van der Waals surface area contributed by atoms with E-state index in [9.17, 15) is 0 Å². The Balaban J connectivity index is 1.22. The summed E-state index contributed by atoms with van der Waals surface area (Å²) >= 11 is 0. The van der Waals surface area contributed by atoms with Crippen molar-refractivity contribution in [3.63, 3.8) is 0 Å². The van der Waals surface area contributed by atoms with Crippen LogP contribution in [0.5, 0.6) is 0 Å². The lowest BCUT2D eigenvalue weighted by Gasteiger charge is -2.35. The van der Waals surface area contributed by atoms with E-state index in [0.717, 1.165) is 33.7 Å². The topological polar surface area (TPSA) is 17.8 Å². The summed E-state index contributed by atoms with van der Waals surface area (Å²) in [6.07, 6.45) is 4.57. The van der Waals surface area contributed by atoms with Crippen molar-refractivity contribution in [2.24, 2.45) is 0 Å². The van der Waals surface area contributed by atoms with Crippen molar-refractivity contribution in [3.8, 4) is 39.3 Å². The van der Waals surface area contributed by atoms with Gasteiger partial charge in [-0.1, -0.05) is 152 Å². The molecule has 0 N–H and O–H groups in total. The van der Waals surface area contributed by atoms with Gasteiger partial charge in [-0.15, -0.1) is 0 Å². The first-order chi connectivity index (χ1) is 23.8. The second-order valence-corrected chi connectivity index (χ2v) is 12.7. The molecule has 2 aliphatic rings. The molecule has 48 heavy (non-hydrogen) atoms. The van der Waals surface area contributed by atoms with E-state index in [0.29, 0.717) is 0 Å². The predicted molar refractivity (Wildman–Crippen MR) is 198 cm³/mol. The Kier molecular flexibility index (Phi) is 5.82. The third kappa shape index (κ3) is 3.77. The van der Waals surface area contributed by atoms with Gasteiger partial charge >= 0.3 is 0 Å². The Bertz CT molecular complexity index is 2500. The molecule has 0 saturated heterocycles. The number of benzene rings is 7. The van der Waals surface area contributed by atoms with Crippen LogP contribution in [0.25, 0.3) is 62.5 Å². The smallest absolute Gasteiger partial charge is 0.145 e. The van der Waals surface area contributed by atoms with Gasteiger partial charge in [0.1, 0.15) is 5.82 Å². The van der Waals surface area contributed by atoms with Crippen molar-refractivity contribution in [3.05, 3.63) is 203 Å². The van der Waals surface area contributed by atoms with E-state index in [2.05, 4.69) is 187 Å². The molecule has 0 unspecified atom stereocenters. The summed E-state index contributed by atoms with van der Waals surface area (Å²) in [5.74, 6) is 0.941. The highest BCUT2D eigenvalue weighted by Crippen LogP contribution is 2.59. The van der Waals surface area contributed by atoms with Crippen LogP contribution < -0.4 is 0 Å². The zero-order valence-electron chi connectivity index (χ0n) is 26.2. The van der Waals surface area contributed by atoms with Crippen molar-refractivity contribution in [2.45, 2.75) is 5.41 Å². The van der Waals surface area contributed by atoms with Crippen LogP contribution in [0, 0.1) is 0 Å². The molecular formula is C46H30N2. The van der Waals surface area contributed by atoms with Crippen LogP contribution in [0.1, 0.15) is 33.4 Å². The molecular weight excluding hydrogens is 581 g/mol. The lowest BCUT2D eigenvalue weighted by molar-refractivity contribution is 0.766. The van der Waals surface area contributed by atoms with Crippen molar-refractivity contribution >= 4 is 23.2 Å². The summed E-state index contributed by atoms with van der Waals surface area (Å²) in [7, 11) is 0. The van der Waals surface area contributed by atoms with Gasteiger partial charge < -0.3 is 0 Å². The highest BCUT2D eigenvalue weighted by molar-refractivity contribution is 5.93. The Morgan fingerprint density at radius 1 is 0.417 bits per heavy atom. The second-order valence-electron chi connectivity index (χ2n) is 12.7. The highest BCUT2D eigenvalue weighted by Gasteiger charge is 2.48. The molecule has 0 amide bonds. The van der Waals surface area contributed by atoms with E-state index >= 15 is 0 Å². The summed E-state index contributed by atoms with van der Waals surface area (Å²) < 4.78 is 2.27. The zero-order chi connectivity index (χ0) is 31.7. The standard InChI is InChI=1S/C46H30N2/c1-3-15-33(16-4-1)45-47-43-30-35(26-28-44(43)48(45)36-17-5-2-6-18-36)34-25-27-38-37-19-9-12-22-41(37)46(42(38)29-34)39-20-10-7-13-31(39)23-24-32-14-8-11-21-40(32)46/h1-30H. The van der Waals surface area contributed by atoms with Crippen LogP contribution >= 0.6 is 0 Å². The molecule has 0 atom stereocenters. The van der Waals surface area contributed by atoms with Crippen LogP contribution in [0.15, 0.2) is 170 Å². The van der Waals surface area contributed by atoms with Gasteiger partial charge in [0.25, 0.3) is 0 Å². The van der Waals surface area contributed by atoms with Crippen LogP contribution in [0.2, 0.25) is 0 Å². The quantitative estimate of drug-likeness (QED) is 0.195. The van der Waals surface area contributed by atoms with E-state index in [-0.39, 0.29) is 0 Å². The molecule has 2 aliphatic carbocycles. The molecule has 2 heteroatoms. The number of rotatable bonds is 3. The van der Waals surface area contributed by atoms with Crippen molar-refractivity contribution in [1.82, 2.24) is 9.55 Å². The Morgan fingerprint density at radius 3 is 1.71 bits per heavy atom. The summed E-state index contributed by atoms with van der Waals surface area (Å²) in [5, 5.41) is 0. The molecule has 10 rings (SSSR count). The maximum absolute atomic E-state index is 5.26. The minimum Gasteiger partial charge on any atom is -0.292 e. The van der Waals surface area contributed by atoms with E-state index < -0.39 is 5.41 Å². The summed E-state index contributed by atoms with van der Waals surface area (Å²) in [4.78, 5) is 5.26. The molecule has 1 heterocycles. The molecule has 7 aromatic carbocycles. The van der Waals surface area contributed by atoms with Gasteiger partial charge in [0.05, 0.1) is 16.4 Å². The molecule has 1 spiro atoms. The van der Waals surface area contributed by atoms with Crippen LogP contribution in [0.4, 0.5) is 0 Å². The molecule has 0 saturated carbocycles. The first kappa shape index (κ1) is 26.9. The van der Waals surface area contributed by atoms with E-state index in [1.165, 1.54) is 50.1 Å². The molecule has 0 radical (unpaired) electrons. The monoisotopic (exact) mass is 610 g/mol. The van der Waals surface area contributed by atoms with Gasteiger partial charge in [0, 0.05) is 11.3 Å². The van der Waals surface area contributed by atoms with E-state index in [1.807, 2.05) is 0 Å². The third-order valence-electron chi connectivity index (χ3n) is 10.3. The second kappa shape index (κ2) is 10.4. The Labute approximate surface area is 279 Å². The Hall–Kier alpha value is -6.25. The molecule has 1 aromatic heterocycles. The number of fused-ring (bicyclic) bond motifs is 10. The number of aromatic nitrogens is 2. The lowest BCUT2D eigenvalue weighted by Crippen LogP contribution is -2.29. The normalized spacial score (nSPS) is 13.5. The molecule has 224 valence electrons. The maximum atomic E-state index is 5.26. The molecule has 0 fully saturated rings. The molecule has 0 bridgehead atoms. The number of para-hydroxylation sites is 1. The van der Waals surface area contributed by atoms with Gasteiger partial charge in [-0.2, -0.15) is 0 Å². The zero-order valence-corrected chi connectivity index (χ0v) is 26.2. The lowest BCUT2D eigenvalue weighted by atomic mass is 9.66. The first-order valence-corrected chi connectivity index (χ1v) is 16.6. The van der Waals surface area contributed by atoms with E-state index in [4.69, 9.17) is 4.98 Å². The predicted octanol–water partition coefficient (Wildman–Crippen LogP) is 11.2. The van der Waals surface area contributed by atoms with Gasteiger partial charge in [0.2, 0.25) is 0 Å². The SMILES string of the molecule is C1=Cc2ccccc2C2(c3ccccc31)c1ccccc1-c1ccc(-c3ccc4c(c3)nc(-c3ccccc3)n4-c3ccccc3)cc12. The van der Waals surface area contributed by atoms with Gasteiger partial charge in [-0.25, -0.2) is 4.98 Å². The van der Waals surface area contributed by atoms with Crippen LogP contribution in [0.3, 0.4) is 0 Å². The summed E-state index contributed by atoms with van der Waals surface area (Å²) in [6.45, 7) is 0. The summed E-state index contributed by atoms with van der Waals surface area (Å²) in [6, 6.07) is 61.7. The van der Waals surface area contributed by atoms with Crippen molar-refractivity contribution < 1.29 is 0 Å². The highest BCUT2D eigenvalue weighted by atomic mass is 15.1. The van der Waals surface area contributed by atoms with Gasteiger partial charge in [-0.3, -0.25) is 4.57 Å². The molecule has 8 aromatic rings. The largest absolute Gasteiger partial charge is 0.292 e. The number of nitrogens with zero attached hydrogens (tertiary/aromatic N) is 2. The summed E-state index contributed by atoms with van der Waals surface area (Å²) in [5.41, 5.74) is 16.6. The first-order valence-electron chi connectivity index (χ1n) is 16.6. The average molecular weight is 611 g/mol. The fourth-order valence-electron chi connectivity index (χ4n) is 8.21. The van der Waals surface area contributed by atoms with Crippen molar-refractivity contribution in [2.75, 3.05) is 0 Å². The fraction of sp³-hybridized carbons (Fsp3) is 0.0217. The maximum Gasteiger partial charge on any atom is 0.145 e. The fourth-order valence-corrected chi connectivity index (χ4v) is 8.21. The number of hydrogen-bond acceptors (Lipinski definition) is 1. The minimum absolute atomic E-state index is 0.446. The van der Waals surface area contributed by atoms with Crippen LogP contribution in [-0.4, -0.2) is 9.55 Å². The van der Waals surface area contributed by atoms with E-state index in [1.54, 1.807) is 0 Å². The number of hydrogen-bond donors (Lipinski definition) is 0. The van der Waals surface area contributed by atoms with Crippen LogP contribution in [-0.2, 0) is 5.41 Å². The third-order valence-corrected chi connectivity index (χ3v) is 10.3. The molecule has 0 aliphatic heterocycles. The van der Waals surface area contributed by atoms with Crippen molar-refractivity contribution in [1.29, 1.82) is 0 Å². The average Bonchev–Trinajstić information content (AvgIpc) is 3.63. The van der Waals surface area contributed by atoms with Gasteiger partial charge in [-0.05, 0) is 86.0 Å².